The van der Waals surface area contributed by atoms with E-state index in [-0.39, 0.29) is 12.4 Å². The number of aliphatic hydroxyl groups excluding tert-OH is 2. The van der Waals surface area contributed by atoms with Crippen LogP contribution >= 0.6 is 8.18 Å². The number of aliphatic hydroxyl groups is 2. The van der Waals surface area contributed by atoms with Gasteiger partial charge < -0.3 is 24.5 Å². The predicted molar refractivity (Wildman–Crippen MR) is 133 cm³/mol. The van der Waals surface area contributed by atoms with E-state index < -0.39 is 62.2 Å². The number of nitrogens with zero attached hydrogens (tertiary/aromatic N) is 5. The van der Waals surface area contributed by atoms with Crippen LogP contribution in [0.1, 0.15) is 32.9 Å². The van der Waals surface area contributed by atoms with Crippen molar-refractivity contribution in [3.8, 4) is 5.75 Å². The number of unbranched alkanes of at least 4 members (excludes halogenated alkanes) is 1. The fourth-order valence-corrected chi connectivity index (χ4v) is 4.45. The molecular formula is C22H28N6O10P+. The maximum atomic E-state index is 13.2. The number of aromatic nitrogens is 2. The van der Waals surface area contributed by atoms with Crippen LogP contribution in [0.4, 0.5) is 0 Å². The summed E-state index contributed by atoms with van der Waals surface area (Å²) in [6.45, 7) is 2.53. The molecule has 0 bridgehead atoms. The second-order valence-electron chi connectivity index (χ2n) is 8.41. The Hall–Kier alpha value is -3.62. The molecule has 1 aliphatic rings. The van der Waals surface area contributed by atoms with Crippen LogP contribution in [0.25, 0.3) is 10.4 Å². The molecule has 2 aromatic rings. The first-order valence-electron chi connectivity index (χ1n) is 11.8. The highest BCUT2D eigenvalue weighted by atomic mass is 31.1. The number of hydrogen-bond donors (Lipinski definition) is 3. The van der Waals surface area contributed by atoms with Crippen molar-refractivity contribution >= 4 is 14.1 Å². The number of nitrogens with one attached hydrogen (secondary N) is 1. The van der Waals surface area contributed by atoms with Gasteiger partial charge >= 0.3 is 19.8 Å². The van der Waals surface area contributed by atoms with Crippen LogP contribution in [0.3, 0.4) is 0 Å². The summed E-state index contributed by atoms with van der Waals surface area (Å²) in [7, 11) is -3.04. The fraction of sp³-hybridized carbons (Fsp3) is 0.500. The van der Waals surface area contributed by atoms with E-state index >= 15 is 0 Å². The first-order chi connectivity index (χ1) is 18.6. The molecule has 0 amide bonds. The lowest BCUT2D eigenvalue weighted by Gasteiger charge is -2.24. The van der Waals surface area contributed by atoms with E-state index in [1.54, 1.807) is 30.3 Å². The van der Waals surface area contributed by atoms with Crippen molar-refractivity contribution in [1.82, 2.24) is 14.4 Å². The van der Waals surface area contributed by atoms with Crippen molar-refractivity contribution in [2.75, 3.05) is 13.2 Å². The zero-order chi connectivity index (χ0) is 28.6. The molecule has 0 saturated carbocycles. The van der Waals surface area contributed by atoms with Gasteiger partial charge in [-0.1, -0.05) is 36.7 Å². The first kappa shape index (κ1) is 29.9. The van der Waals surface area contributed by atoms with Gasteiger partial charge in [0, 0.05) is 17.2 Å². The number of benzene rings is 1. The normalized spacial score (nSPS) is 23.6. The van der Waals surface area contributed by atoms with Crippen molar-refractivity contribution in [3.63, 3.8) is 0 Å². The molecule has 6 atom stereocenters. The van der Waals surface area contributed by atoms with Gasteiger partial charge in [0.2, 0.25) is 5.72 Å². The Morgan fingerprint density at radius 1 is 1.33 bits per heavy atom. The van der Waals surface area contributed by atoms with Crippen LogP contribution in [0.5, 0.6) is 5.75 Å². The number of ether oxygens (including phenoxy) is 2. The third-order valence-electron chi connectivity index (χ3n) is 5.64. The maximum absolute atomic E-state index is 13.2. The number of rotatable bonds is 13. The van der Waals surface area contributed by atoms with Crippen LogP contribution in [0.2, 0.25) is 0 Å². The highest BCUT2D eigenvalue weighted by Gasteiger charge is 2.57. The number of hydrogen-bond acceptors (Lipinski definition) is 11. The average Bonchev–Trinajstić information content (AvgIpc) is 3.16. The summed E-state index contributed by atoms with van der Waals surface area (Å²) in [5.74, 6) is -0.534. The summed E-state index contributed by atoms with van der Waals surface area (Å²) in [6.07, 6.45) is -2.99. The summed E-state index contributed by atoms with van der Waals surface area (Å²) < 4.78 is 30.1. The topological polar surface area (TPSA) is 218 Å². The number of aromatic amines is 1. The van der Waals surface area contributed by atoms with E-state index in [2.05, 4.69) is 10.0 Å². The van der Waals surface area contributed by atoms with Crippen molar-refractivity contribution in [3.05, 3.63) is 73.9 Å². The lowest BCUT2D eigenvalue weighted by atomic mass is 10.1. The lowest BCUT2D eigenvalue weighted by molar-refractivity contribution is -0.155. The molecule has 2 heterocycles. The van der Waals surface area contributed by atoms with Gasteiger partial charge in [0.25, 0.3) is 5.56 Å². The van der Waals surface area contributed by atoms with Gasteiger partial charge in [0.15, 0.2) is 18.0 Å². The second-order valence-corrected chi connectivity index (χ2v) is 9.54. The molecule has 0 radical (unpaired) electrons. The summed E-state index contributed by atoms with van der Waals surface area (Å²) in [6, 6.07) is 7.84. The van der Waals surface area contributed by atoms with Crippen LogP contribution in [0.15, 0.2) is 57.3 Å². The van der Waals surface area contributed by atoms with E-state index in [0.29, 0.717) is 6.42 Å². The third kappa shape index (κ3) is 7.07. The Bertz CT molecular complexity index is 1320. The van der Waals surface area contributed by atoms with Crippen LogP contribution < -0.4 is 16.1 Å². The van der Waals surface area contributed by atoms with Crippen LogP contribution in [0, 0.1) is 0 Å². The monoisotopic (exact) mass is 567 g/mol. The van der Waals surface area contributed by atoms with Gasteiger partial charge in [0.05, 0.1) is 6.61 Å². The Morgan fingerprint density at radius 2 is 2.05 bits per heavy atom. The molecule has 17 heteroatoms. The molecule has 1 aromatic carbocycles. The Balaban J connectivity index is 1.83. The van der Waals surface area contributed by atoms with E-state index in [0.717, 1.165) is 28.1 Å². The van der Waals surface area contributed by atoms with E-state index in [1.165, 1.54) is 6.92 Å². The minimum Gasteiger partial charge on any atom is -0.464 e. The molecule has 1 aromatic heterocycles. The molecule has 1 saturated heterocycles. The summed E-state index contributed by atoms with van der Waals surface area (Å²) in [5, 5.41) is 24.7. The Kier molecular flexibility index (Phi) is 10.3. The number of carbonyl (C=O) groups is 1. The summed E-state index contributed by atoms with van der Waals surface area (Å²) in [5.41, 5.74) is 5.08. The SMILES string of the molecule is CCCCOC(=O)C(C)N(Oc1ccccc1)[P+](=O)OC[C@@]1(N=[N+]=[N-])O[C@@H](n2ccc(=O)[nH]c2=O)[C@H](O)[C@@H]1O. The summed E-state index contributed by atoms with van der Waals surface area (Å²) >= 11 is 0. The second kappa shape index (κ2) is 13.4. The highest BCUT2D eigenvalue weighted by molar-refractivity contribution is 7.36. The molecule has 2 unspecified atom stereocenters. The minimum atomic E-state index is -3.04. The number of hydroxylamine groups is 1. The Labute approximate surface area is 222 Å². The zero-order valence-electron chi connectivity index (χ0n) is 21.0. The van der Waals surface area contributed by atoms with E-state index in [4.69, 9.17) is 24.4 Å². The molecule has 210 valence electrons. The molecule has 1 fully saturated rings. The maximum Gasteiger partial charge on any atom is 0.653 e. The molecule has 0 aliphatic carbocycles. The largest absolute Gasteiger partial charge is 0.653 e. The fourth-order valence-electron chi connectivity index (χ4n) is 3.50. The summed E-state index contributed by atoms with van der Waals surface area (Å²) in [4.78, 5) is 47.1. The highest BCUT2D eigenvalue weighted by Crippen LogP contribution is 2.41. The third-order valence-corrected chi connectivity index (χ3v) is 6.74. The van der Waals surface area contributed by atoms with Gasteiger partial charge in [0.1, 0.15) is 23.6 Å². The van der Waals surface area contributed by atoms with Crippen molar-refractivity contribution in [1.29, 1.82) is 0 Å². The molecular weight excluding hydrogens is 539 g/mol. The predicted octanol–water partition coefficient (Wildman–Crippen LogP) is 1.50. The van der Waals surface area contributed by atoms with Crippen molar-refractivity contribution in [2.45, 2.75) is 56.9 Å². The quantitative estimate of drug-likeness (QED) is 0.0599. The molecule has 3 rings (SSSR count). The lowest BCUT2D eigenvalue weighted by Crippen LogP contribution is -2.45. The molecule has 16 nitrogen and oxygen atoms in total. The number of carbonyl (C=O) groups excluding carboxylic acids is 1. The zero-order valence-corrected chi connectivity index (χ0v) is 21.9. The van der Waals surface area contributed by atoms with Crippen molar-refractivity contribution < 1.29 is 38.4 Å². The molecule has 0 spiro atoms. The van der Waals surface area contributed by atoms with Gasteiger partial charge in [-0.3, -0.25) is 19.1 Å². The molecule has 39 heavy (non-hydrogen) atoms. The molecule has 3 N–H and O–H groups in total. The van der Waals surface area contributed by atoms with E-state index in [9.17, 15) is 29.2 Å². The van der Waals surface area contributed by atoms with Crippen LogP contribution in [-0.4, -0.2) is 67.8 Å². The van der Waals surface area contributed by atoms with Gasteiger partial charge in [-0.15, -0.1) is 4.52 Å². The number of H-pyrrole nitrogens is 1. The van der Waals surface area contributed by atoms with Gasteiger partial charge in [-0.2, -0.15) is 0 Å². The van der Waals surface area contributed by atoms with Crippen LogP contribution in [-0.2, 0) is 23.4 Å². The number of para-hydroxylation sites is 1. The molecule has 1 aliphatic heterocycles. The smallest absolute Gasteiger partial charge is 0.464 e. The van der Waals surface area contributed by atoms with E-state index in [1.807, 2.05) is 11.9 Å². The number of esters is 1. The average molecular weight is 567 g/mol. The Morgan fingerprint density at radius 3 is 2.69 bits per heavy atom. The van der Waals surface area contributed by atoms with Crippen molar-refractivity contribution in [2.24, 2.45) is 5.11 Å². The minimum absolute atomic E-state index is 0.139. The van der Waals surface area contributed by atoms with Gasteiger partial charge in [-0.25, -0.2) is 4.79 Å². The number of azide groups is 1. The standard InChI is InChI=1S/C22H27N6O10P/c1-3-4-12-35-20(32)14(2)28(38-15-8-6-5-7-9-15)39(34)36-13-22(25-26-23)18(31)17(30)19(37-22)27-11-10-16(29)24-21(27)33/h5-11,14,17-19,30-31H,3-4,12-13H2,1-2H3/p+1/t14?,17-,18+,19-,22-/m1/s1. The first-order valence-corrected chi connectivity index (χ1v) is 13.0. The van der Waals surface area contributed by atoms with Gasteiger partial charge in [-0.05, 0) is 35.6 Å².